The zero-order valence-electron chi connectivity index (χ0n) is 18.2. The van der Waals surface area contributed by atoms with Crippen LogP contribution in [0.25, 0.3) is 0 Å². The van der Waals surface area contributed by atoms with Crippen LogP contribution in [0.4, 0.5) is 13.2 Å². The average molecular weight is 470 g/mol. The maximum absolute atomic E-state index is 13.1. The lowest BCUT2D eigenvalue weighted by Crippen LogP contribution is -2.52. The summed E-state index contributed by atoms with van der Waals surface area (Å²) in [6.45, 7) is 2.02. The van der Waals surface area contributed by atoms with Crippen molar-refractivity contribution >= 4 is 17.4 Å². The third-order valence-electron chi connectivity index (χ3n) is 5.29. The molecular formula is C22H24ClF3N4O2. The number of rotatable bonds is 7. The Morgan fingerprint density at radius 1 is 1.19 bits per heavy atom. The van der Waals surface area contributed by atoms with Crippen LogP contribution in [0.1, 0.15) is 23.1 Å². The molecule has 2 heterocycles. The average Bonchev–Trinajstić information content (AvgIpc) is 3.24. The molecule has 4 rings (SSSR count). The summed E-state index contributed by atoms with van der Waals surface area (Å²) in [6.07, 6.45) is -4.03. The Morgan fingerprint density at radius 3 is 2.69 bits per heavy atom. The van der Waals surface area contributed by atoms with Crippen molar-refractivity contribution in [1.29, 1.82) is 0 Å². The summed E-state index contributed by atoms with van der Waals surface area (Å²) in [5.41, 5.74) is 2.49. The van der Waals surface area contributed by atoms with Gasteiger partial charge >= 0.3 is 6.18 Å². The van der Waals surface area contributed by atoms with Gasteiger partial charge in [0, 0.05) is 37.7 Å². The number of aliphatic imine (C=N–C) groups is 1. The molecule has 0 radical (unpaired) electrons. The van der Waals surface area contributed by atoms with Crippen LogP contribution in [0.2, 0.25) is 1.41 Å². The van der Waals surface area contributed by atoms with Gasteiger partial charge in [-0.05, 0) is 17.7 Å². The van der Waals surface area contributed by atoms with Gasteiger partial charge < -0.3 is 15.4 Å². The lowest BCUT2D eigenvalue weighted by molar-refractivity contribution is -0.139. The number of piperazine rings is 1. The number of hydrogen-bond acceptors (Lipinski definition) is 6. The molecule has 32 heavy (non-hydrogen) atoms. The lowest BCUT2D eigenvalue weighted by Gasteiger charge is -2.30. The summed E-state index contributed by atoms with van der Waals surface area (Å²) in [6, 6.07) is 12.1. The van der Waals surface area contributed by atoms with E-state index < -0.39 is 17.5 Å². The first-order valence-corrected chi connectivity index (χ1v) is 10.8. The van der Waals surface area contributed by atoms with Gasteiger partial charge in [-0.2, -0.15) is 13.2 Å². The summed E-state index contributed by atoms with van der Waals surface area (Å²) in [5, 5.41) is 4.78. The molecular weight excluding hydrogens is 445 g/mol. The first-order chi connectivity index (χ1) is 15.8. The first kappa shape index (κ1) is 21.5. The molecule has 2 aliphatic rings. The number of nitrogens with one attached hydrogen (secondary N) is 3. The van der Waals surface area contributed by atoms with Crippen molar-refractivity contribution in [2.75, 3.05) is 25.5 Å². The number of alkyl halides is 4. The van der Waals surface area contributed by atoms with Gasteiger partial charge in [-0.1, -0.05) is 36.4 Å². The molecule has 2 unspecified atom stereocenters. The molecule has 0 saturated carbocycles. The van der Waals surface area contributed by atoms with Crippen molar-refractivity contribution in [3.63, 3.8) is 0 Å². The smallest absolute Gasteiger partial charge is 0.419 e. The first-order valence-electron chi connectivity index (χ1n) is 10.7. The molecule has 6 nitrogen and oxygen atoms in total. The molecule has 1 fully saturated rings. The van der Waals surface area contributed by atoms with Crippen LogP contribution in [-0.2, 0) is 17.6 Å². The van der Waals surface area contributed by atoms with Crippen molar-refractivity contribution in [1.82, 2.24) is 16.1 Å². The van der Waals surface area contributed by atoms with Crippen molar-refractivity contribution in [3.8, 4) is 5.75 Å². The molecule has 10 heteroatoms. The van der Waals surface area contributed by atoms with Gasteiger partial charge in [0.05, 0.1) is 11.4 Å². The molecule has 0 spiro atoms. The molecule has 0 aromatic heterocycles. The third kappa shape index (κ3) is 5.35. The molecule has 3 N–H and O–H groups in total. The van der Waals surface area contributed by atoms with Crippen LogP contribution in [0.3, 0.4) is 0 Å². The fourth-order valence-electron chi connectivity index (χ4n) is 3.63. The molecule has 2 aromatic carbocycles. The van der Waals surface area contributed by atoms with Gasteiger partial charge in [0.25, 0.3) is 0 Å². The van der Waals surface area contributed by atoms with Crippen LogP contribution in [-0.4, -0.2) is 43.1 Å². The summed E-state index contributed by atoms with van der Waals surface area (Å²) >= 11 is 6.18. The number of hydroxylamine groups is 1. The van der Waals surface area contributed by atoms with Crippen molar-refractivity contribution in [3.05, 3.63) is 65.2 Å². The number of benzene rings is 2. The Bertz CT molecular complexity index is 992. The fourth-order valence-corrected chi connectivity index (χ4v) is 3.85. The molecule has 0 bridgehead atoms. The fraction of sp³-hybridized carbons (Fsp3) is 0.409. The third-order valence-corrected chi connectivity index (χ3v) is 5.70. The second-order valence-corrected chi connectivity index (χ2v) is 7.96. The minimum atomic E-state index is -4.48. The SMILES string of the molecule is [2H]N1CCNCC1CC1(CCl)N=C(c2ccc(COc3ccccc3C(F)(F)F)cc2)NO1. The van der Waals surface area contributed by atoms with E-state index in [2.05, 4.69) is 15.8 Å². The van der Waals surface area contributed by atoms with E-state index in [4.69, 9.17) is 22.6 Å². The van der Waals surface area contributed by atoms with E-state index >= 15 is 0 Å². The van der Waals surface area contributed by atoms with E-state index in [0.29, 0.717) is 30.9 Å². The number of ether oxygens (including phenoxy) is 1. The van der Waals surface area contributed by atoms with Crippen LogP contribution >= 0.6 is 11.6 Å². The largest absolute Gasteiger partial charge is 0.488 e. The second kappa shape index (κ2) is 9.66. The normalized spacial score (nSPS) is 24.6. The Morgan fingerprint density at radius 2 is 1.97 bits per heavy atom. The van der Waals surface area contributed by atoms with Gasteiger partial charge in [0.15, 0.2) is 5.84 Å². The monoisotopic (exact) mass is 469 g/mol. The number of amidine groups is 1. The molecule has 1 saturated heterocycles. The van der Waals surface area contributed by atoms with E-state index in [1.165, 1.54) is 23.5 Å². The van der Waals surface area contributed by atoms with E-state index in [1.807, 2.05) is 0 Å². The highest BCUT2D eigenvalue weighted by Gasteiger charge is 2.39. The minimum Gasteiger partial charge on any atom is -0.488 e. The Hall–Kier alpha value is -2.33. The number of halogens is 4. The van der Waals surface area contributed by atoms with Gasteiger partial charge in [0.2, 0.25) is 5.72 Å². The summed E-state index contributed by atoms with van der Waals surface area (Å²) in [7, 11) is 0. The van der Waals surface area contributed by atoms with E-state index in [1.54, 1.807) is 24.3 Å². The highest BCUT2D eigenvalue weighted by Crippen LogP contribution is 2.36. The standard InChI is InChI=1S/C22H24ClF3N4O2/c23-14-21(11-17-12-27-9-10-28-17)29-20(30-32-21)16-7-5-15(6-8-16)13-31-19-4-2-1-3-18(19)22(24,25)26/h1-8,17,27-28H,9-14H2,(H,29,30)/i/hD. The van der Waals surface area contributed by atoms with Crippen LogP contribution < -0.4 is 20.8 Å². The molecule has 0 aliphatic carbocycles. The quantitative estimate of drug-likeness (QED) is 0.542. The maximum Gasteiger partial charge on any atom is 0.419 e. The molecule has 172 valence electrons. The minimum absolute atomic E-state index is 0.0105. The summed E-state index contributed by atoms with van der Waals surface area (Å²) < 4.78 is 52.9. The Labute approximate surface area is 190 Å². The Kier molecular flexibility index (Phi) is 6.49. The van der Waals surface area contributed by atoms with Crippen molar-refractivity contribution in [2.24, 2.45) is 4.99 Å². The number of nitrogens with zero attached hydrogens (tertiary/aromatic N) is 1. The lowest BCUT2D eigenvalue weighted by atomic mass is 10.0. The van der Waals surface area contributed by atoms with Gasteiger partial charge in [-0.25, -0.2) is 15.3 Å². The molecule has 0 amide bonds. The molecule has 2 aliphatic heterocycles. The Balaban J connectivity index is 1.42. The van der Waals surface area contributed by atoms with Gasteiger partial charge in [-0.3, -0.25) is 0 Å². The van der Waals surface area contributed by atoms with E-state index in [0.717, 1.165) is 18.2 Å². The van der Waals surface area contributed by atoms with Gasteiger partial charge in [0.1, 0.15) is 13.8 Å². The van der Waals surface area contributed by atoms with Crippen molar-refractivity contribution in [2.45, 2.75) is 31.0 Å². The highest BCUT2D eigenvalue weighted by atomic mass is 35.5. The van der Waals surface area contributed by atoms with Crippen LogP contribution in [0.15, 0.2) is 53.5 Å². The number of para-hydroxylation sites is 1. The topological polar surface area (TPSA) is 66.9 Å². The molecule has 2 atom stereocenters. The predicted molar refractivity (Wildman–Crippen MR) is 116 cm³/mol. The van der Waals surface area contributed by atoms with Gasteiger partial charge in [-0.15, -0.1) is 11.6 Å². The summed E-state index contributed by atoms with van der Waals surface area (Å²) in [4.78, 5) is 10.4. The van der Waals surface area contributed by atoms with Crippen LogP contribution in [0, 0.1) is 0 Å². The highest BCUT2D eigenvalue weighted by molar-refractivity contribution is 6.18. The van der Waals surface area contributed by atoms with Crippen molar-refractivity contribution < 1.29 is 24.2 Å². The molecule has 2 aromatic rings. The zero-order valence-corrected chi connectivity index (χ0v) is 17.9. The number of hydrogen-bond donors (Lipinski definition) is 3. The summed E-state index contributed by atoms with van der Waals surface area (Å²) in [5.74, 6) is 0.418. The van der Waals surface area contributed by atoms with E-state index in [9.17, 15) is 13.2 Å². The maximum atomic E-state index is 13.1. The second-order valence-electron chi connectivity index (χ2n) is 7.69. The van der Waals surface area contributed by atoms with Crippen LogP contribution in [0.5, 0.6) is 5.75 Å². The predicted octanol–water partition coefficient (Wildman–Crippen LogP) is 3.45. The van der Waals surface area contributed by atoms with E-state index in [-0.39, 0.29) is 24.3 Å². The zero-order chi connectivity index (χ0) is 23.5.